The fourth-order valence-electron chi connectivity index (χ4n) is 1.22. The van der Waals surface area contributed by atoms with E-state index in [0.717, 1.165) is 0 Å². The average molecular weight is 344 g/mol. The van der Waals surface area contributed by atoms with E-state index in [4.69, 9.17) is 14.2 Å². The molecule has 0 amide bonds. The molecule has 0 aliphatic rings. The highest BCUT2D eigenvalue weighted by Gasteiger charge is 2.16. The van der Waals surface area contributed by atoms with E-state index in [1.165, 1.54) is 13.8 Å². The molecule has 8 heteroatoms. The van der Waals surface area contributed by atoms with Crippen molar-refractivity contribution < 1.29 is 33.2 Å². The van der Waals surface area contributed by atoms with Crippen molar-refractivity contribution in [2.75, 3.05) is 26.0 Å². The van der Waals surface area contributed by atoms with E-state index in [2.05, 4.69) is 13.2 Å². The van der Waals surface area contributed by atoms with Gasteiger partial charge in [0.1, 0.15) is 25.1 Å². The van der Waals surface area contributed by atoms with Crippen LogP contribution in [0.5, 0.6) is 0 Å². The molecule has 0 radical (unpaired) electrons. The maximum atomic E-state index is 11.4. The predicted molar refractivity (Wildman–Crippen MR) is 83.4 cm³/mol. The van der Waals surface area contributed by atoms with Gasteiger partial charge in [-0.1, -0.05) is 13.2 Å². The highest BCUT2D eigenvalue weighted by atomic mass is 31.1. The predicted octanol–water partition coefficient (Wildman–Crippen LogP) is 1.86. The van der Waals surface area contributed by atoms with E-state index in [-0.39, 0.29) is 57.8 Å². The number of ketones is 1. The number of Topliss-reactive ketones (excluding diaryl/α,β-unsaturated/α-hetero) is 1. The normalized spacial score (nSPS) is 10.4. The van der Waals surface area contributed by atoms with Gasteiger partial charge in [-0.25, -0.2) is 9.59 Å². The van der Waals surface area contributed by atoms with Crippen LogP contribution in [0.25, 0.3) is 0 Å². The smallest absolute Gasteiger partial charge is 0.333 e. The summed E-state index contributed by atoms with van der Waals surface area (Å²) in [4.78, 5) is 34.0. The Morgan fingerprint density at radius 2 is 1.48 bits per heavy atom. The number of esters is 2. The fourth-order valence-corrected chi connectivity index (χ4v) is 1.52. The Hall–Kier alpha value is -1.85. The molecule has 0 aromatic rings. The van der Waals surface area contributed by atoms with Crippen molar-refractivity contribution >= 4 is 26.2 Å². The number of rotatable bonds is 12. The highest BCUT2D eigenvalue weighted by molar-refractivity contribution is 7.25. The lowest BCUT2D eigenvalue weighted by Crippen LogP contribution is -2.29. The molecule has 0 fully saturated rings. The Balaban J connectivity index is 4.41. The second-order valence-electron chi connectivity index (χ2n) is 4.83. The fraction of sp³-hybridized carbons (Fsp3) is 0.533. The molecule has 0 spiro atoms. The maximum absolute atomic E-state index is 11.4. The first-order valence-electron chi connectivity index (χ1n) is 6.85. The SMILES string of the molecule is C=C(C)C(=O)OCC(COC(=O)C(=C)C)OCCC(=O)CP=O. The molecule has 0 N–H and O–H groups in total. The van der Waals surface area contributed by atoms with Crippen LogP contribution in [0.1, 0.15) is 20.3 Å². The van der Waals surface area contributed by atoms with Crippen LogP contribution in [0.15, 0.2) is 24.3 Å². The van der Waals surface area contributed by atoms with Crippen LogP contribution >= 0.6 is 8.46 Å². The highest BCUT2D eigenvalue weighted by Crippen LogP contribution is 2.03. The van der Waals surface area contributed by atoms with Crippen molar-refractivity contribution in [1.82, 2.24) is 0 Å². The van der Waals surface area contributed by atoms with Crippen molar-refractivity contribution in [3.05, 3.63) is 24.3 Å². The lowest BCUT2D eigenvalue weighted by Gasteiger charge is -2.18. The zero-order valence-electron chi connectivity index (χ0n) is 13.3. The van der Waals surface area contributed by atoms with E-state index < -0.39 is 18.0 Å². The summed E-state index contributed by atoms with van der Waals surface area (Å²) in [6.07, 6.45) is -0.739. The van der Waals surface area contributed by atoms with Gasteiger partial charge >= 0.3 is 11.9 Å². The summed E-state index contributed by atoms with van der Waals surface area (Å²) in [6.45, 7) is 9.63. The van der Waals surface area contributed by atoms with Gasteiger partial charge in [-0.05, 0) is 13.8 Å². The summed E-state index contributed by atoms with van der Waals surface area (Å²) in [5.74, 6) is -1.41. The van der Waals surface area contributed by atoms with Crippen LogP contribution in [-0.4, -0.2) is 49.8 Å². The summed E-state index contributed by atoms with van der Waals surface area (Å²) >= 11 is 0. The van der Waals surface area contributed by atoms with Gasteiger partial charge in [-0.3, -0.25) is 9.36 Å². The van der Waals surface area contributed by atoms with Gasteiger partial charge in [0.15, 0.2) is 8.46 Å². The molecule has 128 valence electrons. The minimum Gasteiger partial charge on any atom is -0.459 e. The number of carbonyl (C=O) groups is 3. The van der Waals surface area contributed by atoms with Crippen LogP contribution in [0.2, 0.25) is 0 Å². The van der Waals surface area contributed by atoms with Crippen LogP contribution in [0.3, 0.4) is 0 Å². The second-order valence-corrected chi connectivity index (χ2v) is 5.40. The summed E-state index contributed by atoms with van der Waals surface area (Å²) in [5, 5.41) is 0. The molecule has 0 aliphatic heterocycles. The van der Waals surface area contributed by atoms with Crippen molar-refractivity contribution in [1.29, 1.82) is 0 Å². The summed E-state index contributed by atoms with van der Waals surface area (Å²) in [5.41, 5.74) is 0.458. The third-order valence-electron chi connectivity index (χ3n) is 2.47. The number of ether oxygens (including phenoxy) is 3. The number of carbonyl (C=O) groups excluding carboxylic acids is 3. The first-order valence-corrected chi connectivity index (χ1v) is 7.85. The van der Waals surface area contributed by atoms with E-state index in [9.17, 15) is 18.9 Å². The molecule has 0 aromatic carbocycles. The summed E-state index contributed by atoms with van der Waals surface area (Å²) in [6, 6.07) is 0. The Bertz CT molecular complexity index is 454. The van der Waals surface area contributed by atoms with E-state index in [1.54, 1.807) is 0 Å². The molecule has 23 heavy (non-hydrogen) atoms. The molecule has 0 saturated heterocycles. The lowest BCUT2D eigenvalue weighted by atomic mass is 10.3. The third kappa shape index (κ3) is 10.5. The molecule has 0 unspecified atom stereocenters. The Morgan fingerprint density at radius 3 is 1.87 bits per heavy atom. The van der Waals surface area contributed by atoms with Crippen molar-refractivity contribution in [3.8, 4) is 0 Å². The minimum atomic E-state index is -0.723. The van der Waals surface area contributed by atoms with Gasteiger partial charge < -0.3 is 14.2 Å². The standard InChI is InChI=1S/C15H21O7P/c1-10(2)14(17)21-7-13(8-22-15(18)11(3)4)20-6-5-12(16)9-23-19/h13H,1,3,5-9H2,2,4H3. The maximum Gasteiger partial charge on any atom is 0.333 e. The molecule has 7 nitrogen and oxygen atoms in total. The summed E-state index contributed by atoms with van der Waals surface area (Å²) in [7, 11) is -0.246. The second kappa shape index (κ2) is 11.7. The molecule has 0 aliphatic carbocycles. The van der Waals surface area contributed by atoms with Crippen LogP contribution < -0.4 is 0 Å². The van der Waals surface area contributed by atoms with Crippen molar-refractivity contribution in [3.63, 3.8) is 0 Å². The quantitative estimate of drug-likeness (QED) is 0.303. The minimum absolute atomic E-state index is 0.0360. The third-order valence-corrected chi connectivity index (χ3v) is 2.95. The van der Waals surface area contributed by atoms with Crippen LogP contribution in [-0.2, 0) is 33.2 Å². The number of hydrogen-bond donors (Lipinski definition) is 0. The van der Waals surface area contributed by atoms with Crippen molar-refractivity contribution in [2.24, 2.45) is 0 Å². The van der Waals surface area contributed by atoms with E-state index >= 15 is 0 Å². The Morgan fingerprint density at radius 1 is 1.00 bits per heavy atom. The Labute approximate surface area is 136 Å². The summed E-state index contributed by atoms with van der Waals surface area (Å²) < 4.78 is 25.6. The van der Waals surface area contributed by atoms with Gasteiger partial charge in [0, 0.05) is 17.6 Å². The van der Waals surface area contributed by atoms with Crippen LogP contribution in [0, 0.1) is 0 Å². The molecule has 0 atom stereocenters. The van der Waals surface area contributed by atoms with Crippen LogP contribution in [0.4, 0.5) is 0 Å². The Kier molecular flexibility index (Phi) is 10.7. The molecule has 0 rings (SSSR count). The molecular formula is C15H21O7P. The average Bonchev–Trinajstić information content (AvgIpc) is 2.48. The number of hydrogen-bond acceptors (Lipinski definition) is 7. The molecule has 0 aromatic heterocycles. The monoisotopic (exact) mass is 344 g/mol. The first-order chi connectivity index (χ1) is 10.8. The first kappa shape index (κ1) is 21.1. The molecule has 0 heterocycles. The van der Waals surface area contributed by atoms with Gasteiger partial charge in [-0.2, -0.15) is 0 Å². The zero-order valence-corrected chi connectivity index (χ0v) is 14.2. The van der Waals surface area contributed by atoms with Gasteiger partial charge in [0.25, 0.3) is 0 Å². The molecule has 0 saturated carbocycles. The van der Waals surface area contributed by atoms with Gasteiger partial charge in [-0.15, -0.1) is 0 Å². The molecular weight excluding hydrogens is 323 g/mol. The van der Waals surface area contributed by atoms with E-state index in [0.29, 0.717) is 0 Å². The van der Waals surface area contributed by atoms with Crippen molar-refractivity contribution in [2.45, 2.75) is 26.4 Å². The zero-order chi connectivity index (χ0) is 17.8. The topological polar surface area (TPSA) is 96.0 Å². The van der Waals surface area contributed by atoms with Gasteiger partial charge in [0.2, 0.25) is 0 Å². The lowest BCUT2D eigenvalue weighted by molar-refractivity contribution is -0.151. The van der Waals surface area contributed by atoms with Gasteiger partial charge in [0.05, 0.1) is 12.8 Å². The largest absolute Gasteiger partial charge is 0.459 e. The molecule has 0 bridgehead atoms. The van der Waals surface area contributed by atoms with E-state index in [1.807, 2.05) is 0 Å².